The molecule has 0 aromatic heterocycles. The van der Waals surface area contributed by atoms with Crippen LogP contribution in [-0.2, 0) is 20.8 Å². The molecule has 0 aliphatic rings. The summed E-state index contributed by atoms with van der Waals surface area (Å²) in [5, 5.41) is 2.72. The van der Waals surface area contributed by atoms with Crippen LogP contribution in [0.15, 0.2) is 36.4 Å². The fraction of sp³-hybridized carbons (Fsp3) is 0.100. The van der Waals surface area contributed by atoms with Crippen LogP contribution in [0.3, 0.4) is 0 Å². The van der Waals surface area contributed by atoms with Gasteiger partial charge in [0.05, 0.1) is 0 Å². The molecule has 0 heterocycles. The van der Waals surface area contributed by atoms with Gasteiger partial charge in [0.15, 0.2) is 0 Å². The molecule has 0 amide bonds. The van der Waals surface area contributed by atoms with Gasteiger partial charge in [-0.25, -0.2) is 0 Å². The van der Waals surface area contributed by atoms with Gasteiger partial charge in [0.2, 0.25) is 0 Å². The number of aryl methyl sites for hydroxylation is 1. The maximum atomic E-state index is 4.93. The quantitative estimate of drug-likeness (QED) is 0.637. The van der Waals surface area contributed by atoms with Crippen molar-refractivity contribution in [1.29, 1.82) is 0 Å². The summed E-state index contributed by atoms with van der Waals surface area (Å²) in [6.07, 6.45) is 0. The third-order valence-corrected chi connectivity index (χ3v) is 1.90. The van der Waals surface area contributed by atoms with Crippen molar-refractivity contribution in [3.63, 3.8) is 0 Å². The molecule has 0 N–H and O–H groups in total. The predicted molar refractivity (Wildman–Crippen MR) is 56.0 cm³/mol. The fourth-order valence-corrected chi connectivity index (χ4v) is 1.31. The molecule has 3 heteroatoms. The van der Waals surface area contributed by atoms with Gasteiger partial charge in [0, 0.05) is 0 Å². The molecule has 0 saturated heterocycles. The van der Waals surface area contributed by atoms with Crippen molar-refractivity contribution in [2.75, 3.05) is 0 Å². The summed E-state index contributed by atoms with van der Waals surface area (Å²) in [5.74, 6) is 0. The molecular formula is C10H9Cl2Zr-. The summed E-state index contributed by atoms with van der Waals surface area (Å²) in [7, 11) is 9.87. The maximum absolute atomic E-state index is 4.93. The van der Waals surface area contributed by atoms with Crippen LogP contribution in [-0.4, -0.2) is 0 Å². The number of benzene rings is 1. The molecule has 0 fully saturated rings. The zero-order valence-corrected chi connectivity index (χ0v) is 11.2. The van der Waals surface area contributed by atoms with Gasteiger partial charge in [-0.3, -0.25) is 0 Å². The first kappa shape index (κ1) is 11.4. The van der Waals surface area contributed by atoms with Crippen LogP contribution in [0.4, 0.5) is 0 Å². The Bertz CT molecular complexity index is 368. The third-order valence-electron chi connectivity index (χ3n) is 1.90. The predicted octanol–water partition coefficient (Wildman–Crippen LogP) is 4.24. The van der Waals surface area contributed by atoms with Crippen LogP contribution in [0.25, 0.3) is 10.8 Å². The Morgan fingerprint density at radius 3 is 2.38 bits per heavy atom. The monoisotopic (exact) mass is 289 g/mol. The fourth-order valence-electron chi connectivity index (χ4n) is 1.31. The van der Waals surface area contributed by atoms with Gasteiger partial charge in [-0.2, -0.15) is 12.1 Å². The van der Waals surface area contributed by atoms with E-state index >= 15 is 0 Å². The van der Waals surface area contributed by atoms with Crippen molar-refractivity contribution in [2.24, 2.45) is 0 Å². The SMILES string of the molecule is C[c-]1ccc2ccccc21.[Cl][Zr][Cl]. The minimum atomic E-state index is -0.826. The van der Waals surface area contributed by atoms with E-state index in [-0.39, 0.29) is 0 Å². The van der Waals surface area contributed by atoms with E-state index in [0.717, 1.165) is 0 Å². The van der Waals surface area contributed by atoms with E-state index in [9.17, 15) is 0 Å². The molecule has 0 atom stereocenters. The molecule has 0 radical (unpaired) electrons. The van der Waals surface area contributed by atoms with Crippen molar-refractivity contribution in [3.8, 4) is 0 Å². The molecule has 2 rings (SSSR count). The van der Waals surface area contributed by atoms with Gasteiger partial charge < -0.3 is 0 Å². The van der Waals surface area contributed by atoms with Crippen molar-refractivity contribution in [3.05, 3.63) is 42.0 Å². The average Bonchev–Trinajstić information content (AvgIpc) is 2.50. The molecule has 0 nitrogen and oxygen atoms in total. The van der Waals surface area contributed by atoms with Crippen molar-refractivity contribution < 1.29 is 20.8 Å². The summed E-state index contributed by atoms with van der Waals surface area (Å²) >= 11 is -0.826. The van der Waals surface area contributed by atoms with E-state index in [4.69, 9.17) is 17.0 Å². The second-order valence-electron chi connectivity index (χ2n) is 2.68. The molecule has 0 aliphatic heterocycles. The Hall–Kier alpha value is 0.293. The average molecular weight is 291 g/mol. The van der Waals surface area contributed by atoms with Gasteiger partial charge >= 0.3 is 37.9 Å². The first-order chi connectivity index (χ1) is 6.29. The van der Waals surface area contributed by atoms with E-state index in [2.05, 4.69) is 43.3 Å². The summed E-state index contributed by atoms with van der Waals surface area (Å²) in [6.45, 7) is 2.14. The van der Waals surface area contributed by atoms with E-state index in [1.165, 1.54) is 16.3 Å². The zero-order valence-electron chi connectivity index (χ0n) is 7.22. The molecule has 2 aromatic rings. The summed E-state index contributed by atoms with van der Waals surface area (Å²) < 4.78 is 0. The van der Waals surface area contributed by atoms with Gasteiger partial charge in [-0.05, 0) is 0 Å². The van der Waals surface area contributed by atoms with Crippen LogP contribution in [0.2, 0.25) is 0 Å². The Morgan fingerprint density at radius 1 is 1.15 bits per heavy atom. The molecule has 0 saturated carbocycles. The van der Waals surface area contributed by atoms with Crippen LogP contribution in [0.5, 0.6) is 0 Å². The topological polar surface area (TPSA) is 0 Å². The van der Waals surface area contributed by atoms with Gasteiger partial charge in [-0.1, -0.05) is 13.0 Å². The Labute approximate surface area is 96.9 Å². The first-order valence-electron chi connectivity index (χ1n) is 3.87. The van der Waals surface area contributed by atoms with Crippen molar-refractivity contribution in [1.82, 2.24) is 0 Å². The van der Waals surface area contributed by atoms with Gasteiger partial charge in [0.1, 0.15) is 0 Å². The third kappa shape index (κ3) is 3.16. The first-order valence-corrected chi connectivity index (χ1v) is 10.2. The molecular weight excluding hydrogens is 282 g/mol. The molecule has 13 heavy (non-hydrogen) atoms. The standard InChI is InChI=1S/C10H9.2ClH.Zr/c1-8-6-7-9-4-2-3-5-10(8)9;;;/h2-7H,1H3;2*1H;/q-1;;;+2/p-2. The Kier molecular flexibility index (Phi) is 5.16. The van der Waals surface area contributed by atoms with E-state index in [1.54, 1.807) is 0 Å². The van der Waals surface area contributed by atoms with Crippen LogP contribution in [0, 0.1) is 6.92 Å². The Morgan fingerprint density at radius 2 is 1.77 bits per heavy atom. The summed E-state index contributed by atoms with van der Waals surface area (Å²) in [6, 6.07) is 12.8. The minimum absolute atomic E-state index is 0.826. The van der Waals surface area contributed by atoms with Crippen molar-refractivity contribution >= 4 is 27.8 Å². The molecule has 0 bridgehead atoms. The van der Waals surface area contributed by atoms with Crippen LogP contribution in [0.1, 0.15) is 5.56 Å². The summed E-state index contributed by atoms with van der Waals surface area (Å²) in [4.78, 5) is 0. The van der Waals surface area contributed by atoms with E-state index in [0.29, 0.717) is 0 Å². The number of hydrogen-bond donors (Lipinski definition) is 0. The number of fused-ring (bicyclic) bond motifs is 1. The normalized spacial score (nSPS) is 9.15. The Balaban J connectivity index is 0.000000251. The van der Waals surface area contributed by atoms with E-state index in [1.807, 2.05) is 0 Å². The summed E-state index contributed by atoms with van der Waals surface area (Å²) in [5.41, 5.74) is 1.37. The molecule has 0 aliphatic carbocycles. The molecule has 68 valence electrons. The molecule has 2 aromatic carbocycles. The zero-order chi connectivity index (χ0) is 9.68. The van der Waals surface area contributed by atoms with Crippen LogP contribution < -0.4 is 0 Å². The van der Waals surface area contributed by atoms with Gasteiger partial charge in [-0.15, -0.1) is 34.5 Å². The van der Waals surface area contributed by atoms with Crippen molar-refractivity contribution in [2.45, 2.75) is 6.92 Å². The number of halogens is 2. The van der Waals surface area contributed by atoms with Gasteiger partial charge in [0.25, 0.3) is 0 Å². The second kappa shape index (κ2) is 5.91. The molecule has 0 spiro atoms. The van der Waals surface area contributed by atoms with Crippen LogP contribution >= 0.6 is 17.0 Å². The second-order valence-corrected chi connectivity index (χ2v) is 6.41. The molecule has 0 unspecified atom stereocenters. The van der Waals surface area contributed by atoms with E-state index < -0.39 is 20.8 Å². The number of rotatable bonds is 0. The number of hydrogen-bond acceptors (Lipinski definition) is 0.